The highest BCUT2D eigenvalue weighted by Gasteiger charge is 2.13. The summed E-state index contributed by atoms with van der Waals surface area (Å²) < 4.78 is 0. The van der Waals surface area contributed by atoms with Crippen molar-refractivity contribution in [2.75, 3.05) is 5.75 Å². The summed E-state index contributed by atoms with van der Waals surface area (Å²) in [6.45, 7) is 9.93. The van der Waals surface area contributed by atoms with Gasteiger partial charge >= 0.3 is 0 Å². The number of aryl methyl sites for hydroxylation is 2. The monoisotopic (exact) mass is 320 g/mol. The van der Waals surface area contributed by atoms with Crippen molar-refractivity contribution in [3.05, 3.63) is 17.1 Å². The third-order valence-corrected chi connectivity index (χ3v) is 4.18. The molecule has 1 atom stereocenters. The number of rotatable bonds is 7. The Labute approximate surface area is 136 Å². The number of hydrogen-bond donors (Lipinski definition) is 1. The first-order valence-corrected chi connectivity index (χ1v) is 8.49. The summed E-state index contributed by atoms with van der Waals surface area (Å²) >= 11 is 1.29. The van der Waals surface area contributed by atoms with E-state index in [1.165, 1.54) is 11.8 Å². The lowest BCUT2D eigenvalue weighted by molar-refractivity contribution is -0.119. The van der Waals surface area contributed by atoms with E-state index >= 15 is 0 Å². The number of nitrogens with zero attached hydrogens (tertiary/aromatic N) is 3. The fraction of sp³-hybridized carbons (Fsp3) is 0.625. The lowest BCUT2D eigenvalue weighted by Crippen LogP contribution is -2.34. The van der Waals surface area contributed by atoms with Crippen LogP contribution < -0.4 is 5.32 Å². The van der Waals surface area contributed by atoms with Crippen molar-refractivity contribution in [1.82, 2.24) is 15.3 Å². The second-order valence-electron chi connectivity index (χ2n) is 5.88. The Bertz CT molecular complexity index is 566. The van der Waals surface area contributed by atoms with Crippen molar-refractivity contribution in [2.45, 2.75) is 58.5 Å². The van der Waals surface area contributed by atoms with Gasteiger partial charge in [-0.05, 0) is 39.5 Å². The first kappa shape index (κ1) is 18.4. The molecule has 1 N–H and O–H groups in total. The molecule has 120 valence electrons. The molecule has 1 aromatic rings. The van der Waals surface area contributed by atoms with E-state index in [1.54, 1.807) is 13.8 Å². The molecular formula is C16H24N4OS. The van der Waals surface area contributed by atoms with Gasteiger partial charge in [-0.3, -0.25) is 4.79 Å². The zero-order valence-electron chi connectivity index (χ0n) is 13.9. The Morgan fingerprint density at radius 2 is 1.95 bits per heavy atom. The second kappa shape index (κ2) is 8.74. The van der Waals surface area contributed by atoms with Gasteiger partial charge in [0.15, 0.2) is 0 Å². The van der Waals surface area contributed by atoms with Crippen molar-refractivity contribution in [1.29, 1.82) is 5.26 Å². The van der Waals surface area contributed by atoms with Gasteiger partial charge in [-0.2, -0.15) is 5.26 Å². The molecule has 0 aliphatic heterocycles. The minimum absolute atomic E-state index is 0.0286. The maximum Gasteiger partial charge on any atom is 0.230 e. The number of nitriles is 1. The van der Waals surface area contributed by atoms with E-state index in [1.807, 2.05) is 6.92 Å². The van der Waals surface area contributed by atoms with E-state index in [4.69, 9.17) is 0 Å². The number of thioether (sulfide) groups is 1. The Balaban J connectivity index is 2.56. The average molecular weight is 320 g/mol. The lowest BCUT2D eigenvalue weighted by Gasteiger charge is -2.15. The van der Waals surface area contributed by atoms with Gasteiger partial charge in [-0.25, -0.2) is 9.97 Å². The molecule has 22 heavy (non-hydrogen) atoms. The standard InChI is InChI=1S/C16H24N4OS/c1-10(2)6-7-11(3)18-15(21)9-22-16-14(8-17)12(4)19-13(5)20-16/h10-11H,6-7,9H2,1-5H3,(H,18,21). The third-order valence-electron chi connectivity index (χ3n) is 3.20. The Kier molecular flexibility index (Phi) is 7.33. The zero-order chi connectivity index (χ0) is 16.7. The minimum atomic E-state index is -0.0286. The molecule has 6 heteroatoms. The zero-order valence-corrected chi connectivity index (χ0v) is 14.8. The SMILES string of the molecule is Cc1nc(C)c(C#N)c(SCC(=O)NC(C)CCC(C)C)n1. The van der Waals surface area contributed by atoms with Crippen LogP contribution in [0, 0.1) is 31.1 Å². The summed E-state index contributed by atoms with van der Waals surface area (Å²) in [4.78, 5) is 20.4. The first-order valence-electron chi connectivity index (χ1n) is 7.51. The van der Waals surface area contributed by atoms with Crippen LogP contribution in [0.5, 0.6) is 0 Å². The van der Waals surface area contributed by atoms with Crippen molar-refractivity contribution in [2.24, 2.45) is 5.92 Å². The van der Waals surface area contributed by atoms with Crippen LogP contribution in [0.4, 0.5) is 0 Å². The molecule has 0 bridgehead atoms. The highest BCUT2D eigenvalue weighted by Crippen LogP contribution is 2.21. The van der Waals surface area contributed by atoms with Gasteiger partial charge in [0.05, 0.1) is 11.4 Å². The maximum absolute atomic E-state index is 12.0. The molecule has 0 fully saturated rings. The highest BCUT2D eigenvalue weighted by molar-refractivity contribution is 8.00. The molecule has 1 unspecified atom stereocenters. The third kappa shape index (κ3) is 6.02. The number of aromatic nitrogens is 2. The minimum Gasteiger partial charge on any atom is -0.353 e. The largest absolute Gasteiger partial charge is 0.353 e. The molecule has 0 spiro atoms. The summed E-state index contributed by atoms with van der Waals surface area (Å²) in [6, 6.07) is 2.28. The van der Waals surface area contributed by atoms with Gasteiger partial charge in [0.2, 0.25) is 5.91 Å². The quantitative estimate of drug-likeness (QED) is 0.617. The van der Waals surface area contributed by atoms with Crippen molar-refractivity contribution >= 4 is 17.7 Å². The first-order chi connectivity index (χ1) is 10.3. The summed E-state index contributed by atoms with van der Waals surface area (Å²) in [6.07, 6.45) is 2.07. The van der Waals surface area contributed by atoms with Gasteiger partial charge in [-0.1, -0.05) is 25.6 Å². The highest BCUT2D eigenvalue weighted by atomic mass is 32.2. The van der Waals surface area contributed by atoms with Crippen LogP contribution >= 0.6 is 11.8 Å². The van der Waals surface area contributed by atoms with E-state index < -0.39 is 0 Å². The van der Waals surface area contributed by atoms with Crippen LogP contribution in [0.25, 0.3) is 0 Å². The average Bonchev–Trinajstić information content (AvgIpc) is 2.42. The molecule has 1 rings (SSSR count). The Morgan fingerprint density at radius 3 is 2.55 bits per heavy atom. The Morgan fingerprint density at radius 1 is 1.27 bits per heavy atom. The molecule has 0 saturated carbocycles. The number of amides is 1. The van der Waals surface area contributed by atoms with Crippen LogP contribution in [-0.4, -0.2) is 27.7 Å². The predicted molar refractivity (Wildman–Crippen MR) is 88.6 cm³/mol. The molecule has 1 amide bonds. The van der Waals surface area contributed by atoms with Gasteiger partial charge in [-0.15, -0.1) is 0 Å². The van der Waals surface area contributed by atoms with Crippen LogP contribution in [0.2, 0.25) is 0 Å². The second-order valence-corrected chi connectivity index (χ2v) is 6.84. The van der Waals surface area contributed by atoms with Gasteiger partial charge in [0, 0.05) is 6.04 Å². The smallest absolute Gasteiger partial charge is 0.230 e. The number of carbonyl (C=O) groups is 1. The molecule has 0 saturated heterocycles. The van der Waals surface area contributed by atoms with E-state index in [0.29, 0.717) is 28.0 Å². The number of hydrogen-bond acceptors (Lipinski definition) is 5. The van der Waals surface area contributed by atoms with Gasteiger partial charge in [0.1, 0.15) is 22.5 Å². The van der Waals surface area contributed by atoms with Crippen LogP contribution in [0.3, 0.4) is 0 Å². The van der Waals surface area contributed by atoms with Crippen LogP contribution in [0.15, 0.2) is 5.03 Å². The van der Waals surface area contributed by atoms with Gasteiger partial charge in [0.25, 0.3) is 0 Å². The molecule has 0 aliphatic rings. The summed E-state index contributed by atoms with van der Waals surface area (Å²) in [5.41, 5.74) is 1.11. The topological polar surface area (TPSA) is 78.7 Å². The van der Waals surface area contributed by atoms with E-state index in [-0.39, 0.29) is 17.7 Å². The Hall–Kier alpha value is -1.61. The van der Waals surface area contributed by atoms with Crippen molar-refractivity contribution in [3.63, 3.8) is 0 Å². The maximum atomic E-state index is 12.0. The van der Waals surface area contributed by atoms with Crippen LogP contribution in [0.1, 0.15) is 50.7 Å². The number of carbonyl (C=O) groups excluding carboxylic acids is 1. The fourth-order valence-electron chi connectivity index (χ4n) is 2.02. The molecular weight excluding hydrogens is 296 g/mol. The molecule has 1 aromatic heterocycles. The van der Waals surface area contributed by atoms with E-state index in [9.17, 15) is 10.1 Å². The summed E-state index contributed by atoms with van der Waals surface area (Å²) in [5, 5.41) is 12.7. The molecule has 0 radical (unpaired) electrons. The van der Waals surface area contributed by atoms with Crippen molar-refractivity contribution in [3.8, 4) is 6.07 Å². The van der Waals surface area contributed by atoms with E-state index in [0.717, 1.165) is 12.8 Å². The predicted octanol–water partition coefficient (Wildman–Crippen LogP) is 3.00. The molecule has 5 nitrogen and oxygen atoms in total. The number of nitrogens with one attached hydrogen (secondary N) is 1. The van der Waals surface area contributed by atoms with E-state index in [2.05, 4.69) is 35.2 Å². The summed E-state index contributed by atoms with van der Waals surface area (Å²) in [7, 11) is 0. The van der Waals surface area contributed by atoms with Crippen molar-refractivity contribution < 1.29 is 4.79 Å². The fourth-order valence-corrected chi connectivity index (χ4v) is 2.91. The molecule has 0 aliphatic carbocycles. The van der Waals surface area contributed by atoms with Gasteiger partial charge < -0.3 is 5.32 Å². The summed E-state index contributed by atoms with van der Waals surface area (Å²) in [5.74, 6) is 1.49. The lowest BCUT2D eigenvalue weighted by atomic mass is 10.0. The molecule has 1 heterocycles. The normalized spacial score (nSPS) is 12.0. The van der Waals surface area contributed by atoms with Crippen LogP contribution in [-0.2, 0) is 4.79 Å². The molecule has 0 aromatic carbocycles.